The number of pyridine rings is 1. The summed E-state index contributed by atoms with van der Waals surface area (Å²) in [4.78, 5) is 19.7. The predicted molar refractivity (Wildman–Crippen MR) is 121 cm³/mol. The minimum Gasteiger partial charge on any atom is -0.301 e. The number of halogens is 5. The third-order valence-electron chi connectivity index (χ3n) is 5.28. The lowest BCUT2D eigenvalue weighted by Gasteiger charge is -2.30. The van der Waals surface area contributed by atoms with Gasteiger partial charge in [0.15, 0.2) is 10.9 Å². The Morgan fingerprint density at radius 1 is 1.18 bits per heavy atom. The predicted octanol–water partition coefficient (Wildman–Crippen LogP) is 5.98. The van der Waals surface area contributed by atoms with Crippen molar-refractivity contribution in [2.45, 2.75) is 51.7 Å². The molecule has 0 saturated carbocycles. The molecule has 0 bridgehead atoms. The minimum absolute atomic E-state index is 0.219. The monoisotopic (exact) mass is 498 g/mol. The maximum absolute atomic E-state index is 15.1. The number of benzene rings is 1. The van der Waals surface area contributed by atoms with E-state index in [0.717, 1.165) is 12.1 Å². The van der Waals surface area contributed by atoms with Gasteiger partial charge in [-0.05, 0) is 44.3 Å². The molecule has 5 nitrogen and oxygen atoms in total. The van der Waals surface area contributed by atoms with Crippen LogP contribution >= 0.6 is 23.8 Å². The van der Waals surface area contributed by atoms with Crippen LogP contribution in [-0.4, -0.2) is 21.5 Å². The second kappa shape index (κ2) is 7.92. The molecule has 174 valence electrons. The van der Waals surface area contributed by atoms with E-state index in [-0.39, 0.29) is 21.2 Å². The molecule has 0 aliphatic carbocycles. The fourth-order valence-corrected chi connectivity index (χ4v) is 4.26. The summed E-state index contributed by atoms with van der Waals surface area (Å²) < 4.78 is 55.5. The Hall–Kier alpha value is -2.77. The first-order chi connectivity index (χ1) is 15.0. The summed E-state index contributed by atoms with van der Waals surface area (Å²) in [6.45, 7) is 8.79. The molecule has 0 N–H and O–H groups in total. The second-order valence-corrected chi connectivity index (χ2v) is 9.79. The molecule has 3 rings (SSSR count). The van der Waals surface area contributed by atoms with E-state index >= 15 is 4.39 Å². The van der Waals surface area contributed by atoms with Gasteiger partial charge in [-0.25, -0.2) is 4.39 Å². The SMILES string of the molecule is CC(C)(C)c1cc(Cl)c(N2C(=S)N(c3ccc(C#N)c(C(F)(F)F)c3F)C(=O)C2(C)C)cn1. The zero-order valence-electron chi connectivity index (χ0n) is 18.3. The molecule has 1 aromatic heterocycles. The van der Waals surface area contributed by atoms with Crippen LogP contribution in [0.4, 0.5) is 28.9 Å². The van der Waals surface area contributed by atoms with Gasteiger partial charge in [0.05, 0.1) is 34.2 Å². The summed E-state index contributed by atoms with van der Waals surface area (Å²) in [5.74, 6) is -2.53. The van der Waals surface area contributed by atoms with Crippen LogP contribution in [0.15, 0.2) is 24.4 Å². The van der Waals surface area contributed by atoms with Gasteiger partial charge in [0, 0.05) is 11.1 Å². The summed E-state index contributed by atoms with van der Waals surface area (Å²) >= 11 is 11.9. The summed E-state index contributed by atoms with van der Waals surface area (Å²) in [5, 5.41) is 8.95. The normalized spacial score (nSPS) is 16.4. The Morgan fingerprint density at radius 3 is 2.27 bits per heavy atom. The third kappa shape index (κ3) is 4.04. The number of carbonyl (C=O) groups is 1. The molecule has 1 fully saturated rings. The van der Waals surface area contributed by atoms with Crippen LogP contribution in [0.3, 0.4) is 0 Å². The Morgan fingerprint density at radius 2 is 1.79 bits per heavy atom. The van der Waals surface area contributed by atoms with Gasteiger partial charge in [0.25, 0.3) is 5.91 Å². The van der Waals surface area contributed by atoms with E-state index in [0.29, 0.717) is 10.6 Å². The molecule has 0 atom stereocenters. The minimum atomic E-state index is -5.15. The fraction of sp³-hybridized carbons (Fsp3) is 0.364. The van der Waals surface area contributed by atoms with E-state index in [4.69, 9.17) is 29.1 Å². The summed E-state index contributed by atoms with van der Waals surface area (Å²) in [6.07, 6.45) is -3.73. The lowest BCUT2D eigenvalue weighted by atomic mass is 9.91. The number of nitrogens with zero attached hydrogens (tertiary/aromatic N) is 4. The van der Waals surface area contributed by atoms with Gasteiger partial charge in [-0.15, -0.1) is 0 Å². The first-order valence-electron chi connectivity index (χ1n) is 9.68. The van der Waals surface area contributed by atoms with Crippen molar-refractivity contribution in [1.82, 2.24) is 4.98 Å². The number of carbonyl (C=O) groups excluding carboxylic acids is 1. The van der Waals surface area contributed by atoms with Crippen LogP contribution in [-0.2, 0) is 16.4 Å². The van der Waals surface area contributed by atoms with Gasteiger partial charge >= 0.3 is 6.18 Å². The average Bonchev–Trinajstić information content (AvgIpc) is 2.85. The van der Waals surface area contributed by atoms with Crippen molar-refractivity contribution in [3.8, 4) is 6.07 Å². The molecular weight excluding hydrogens is 480 g/mol. The molecule has 1 saturated heterocycles. The standard InChI is InChI=1S/C22H19ClF4N4OS/c1-20(2,3)15-8-12(23)14(10-29-15)31-19(33)30(18(32)21(31,4)5)13-7-6-11(9-28)16(17(13)24)22(25,26)27/h6-8,10H,1-5H3. The van der Waals surface area contributed by atoms with Gasteiger partial charge < -0.3 is 4.90 Å². The molecular formula is C22H19ClF4N4OS. The van der Waals surface area contributed by atoms with Gasteiger partial charge in [-0.1, -0.05) is 32.4 Å². The molecule has 0 unspecified atom stereocenters. The molecule has 0 radical (unpaired) electrons. The number of hydrogen-bond donors (Lipinski definition) is 0. The highest BCUT2D eigenvalue weighted by molar-refractivity contribution is 7.81. The maximum atomic E-state index is 15.1. The number of anilines is 2. The Balaban J connectivity index is 2.18. The van der Waals surface area contributed by atoms with E-state index in [1.54, 1.807) is 6.07 Å². The fourth-order valence-electron chi connectivity index (χ4n) is 3.52. The molecule has 33 heavy (non-hydrogen) atoms. The van der Waals surface area contributed by atoms with Crippen LogP contribution in [0.1, 0.15) is 51.4 Å². The van der Waals surface area contributed by atoms with Crippen LogP contribution in [0.25, 0.3) is 0 Å². The molecule has 1 aliphatic rings. The lowest BCUT2D eigenvalue weighted by molar-refractivity contribution is -0.140. The Kier molecular flexibility index (Phi) is 5.97. The van der Waals surface area contributed by atoms with Gasteiger partial charge in [0.1, 0.15) is 11.1 Å². The highest BCUT2D eigenvalue weighted by Gasteiger charge is 2.52. The molecule has 2 heterocycles. The van der Waals surface area contributed by atoms with Crippen LogP contribution in [0.5, 0.6) is 0 Å². The first-order valence-corrected chi connectivity index (χ1v) is 10.5. The first kappa shape index (κ1) is 24.9. The third-order valence-corrected chi connectivity index (χ3v) is 5.95. The van der Waals surface area contributed by atoms with Crippen LogP contribution in [0, 0.1) is 17.1 Å². The average molecular weight is 499 g/mol. The summed E-state index contributed by atoms with van der Waals surface area (Å²) in [6, 6.07) is 4.68. The molecule has 1 amide bonds. The molecule has 0 spiro atoms. The van der Waals surface area contributed by atoms with E-state index < -0.39 is 40.3 Å². The van der Waals surface area contributed by atoms with Crippen LogP contribution in [0.2, 0.25) is 5.02 Å². The number of rotatable bonds is 2. The van der Waals surface area contributed by atoms with Crippen molar-refractivity contribution in [2.24, 2.45) is 0 Å². The number of alkyl halides is 3. The van der Waals surface area contributed by atoms with E-state index in [1.165, 1.54) is 31.0 Å². The Bertz CT molecular complexity index is 1210. The van der Waals surface area contributed by atoms with E-state index in [1.807, 2.05) is 20.8 Å². The van der Waals surface area contributed by atoms with Crippen molar-refractivity contribution in [1.29, 1.82) is 5.26 Å². The van der Waals surface area contributed by atoms with Crippen molar-refractivity contribution >= 4 is 46.2 Å². The number of thiocarbonyl (C=S) groups is 1. The van der Waals surface area contributed by atoms with Gasteiger partial charge in [0.2, 0.25) is 0 Å². The molecule has 2 aromatic rings. The smallest absolute Gasteiger partial charge is 0.301 e. The number of nitriles is 1. The molecule has 1 aromatic carbocycles. The highest BCUT2D eigenvalue weighted by Crippen LogP contribution is 2.43. The largest absolute Gasteiger partial charge is 0.420 e. The van der Waals surface area contributed by atoms with Crippen molar-refractivity contribution in [2.75, 3.05) is 9.80 Å². The van der Waals surface area contributed by atoms with E-state index in [9.17, 15) is 18.0 Å². The van der Waals surface area contributed by atoms with Crippen molar-refractivity contribution < 1.29 is 22.4 Å². The zero-order chi connectivity index (χ0) is 25.1. The maximum Gasteiger partial charge on any atom is 0.420 e. The van der Waals surface area contributed by atoms with Gasteiger partial charge in [-0.3, -0.25) is 14.7 Å². The summed E-state index contributed by atoms with van der Waals surface area (Å²) in [7, 11) is 0. The number of amides is 1. The van der Waals surface area contributed by atoms with E-state index in [2.05, 4.69) is 4.98 Å². The zero-order valence-corrected chi connectivity index (χ0v) is 19.9. The number of hydrogen-bond acceptors (Lipinski definition) is 4. The second-order valence-electron chi connectivity index (χ2n) is 9.02. The van der Waals surface area contributed by atoms with Crippen molar-refractivity contribution in [3.63, 3.8) is 0 Å². The number of aromatic nitrogens is 1. The van der Waals surface area contributed by atoms with Crippen LogP contribution < -0.4 is 9.80 Å². The quantitative estimate of drug-likeness (QED) is 0.376. The van der Waals surface area contributed by atoms with Gasteiger partial charge in [-0.2, -0.15) is 18.4 Å². The topological polar surface area (TPSA) is 60.2 Å². The molecule has 11 heteroatoms. The highest BCUT2D eigenvalue weighted by atomic mass is 35.5. The lowest BCUT2D eigenvalue weighted by Crippen LogP contribution is -2.44. The molecule has 1 aliphatic heterocycles. The summed E-state index contributed by atoms with van der Waals surface area (Å²) in [5.41, 5.74) is -4.17. The Labute approximate surface area is 198 Å². The van der Waals surface area contributed by atoms with Crippen molar-refractivity contribution in [3.05, 3.63) is 52.1 Å².